The summed E-state index contributed by atoms with van der Waals surface area (Å²) in [5.74, 6) is 0.840. The lowest BCUT2D eigenvalue weighted by Gasteiger charge is -2.07. The Kier molecular flexibility index (Phi) is 2.90. The van der Waals surface area contributed by atoms with Gasteiger partial charge in [-0.3, -0.25) is 4.99 Å². The number of benzene rings is 1. The molecule has 0 aromatic heterocycles. The number of nitrogens with zero attached hydrogens (tertiary/aromatic N) is 1. The highest BCUT2D eigenvalue weighted by Gasteiger charge is 2.05. The Morgan fingerprint density at radius 3 is 2.69 bits per heavy atom. The molecule has 0 fully saturated rings. The van der Waals surface area contributed by atoms with Crippen molar-refractivity contribution in [2.24, 2.45) is 4.99 Å². The van der Waals surface area contributed by atoms with Crippen molar-refractivity contribution in [3.63, 3.8) is 0 Å². The van der Waals surface area contributed by atoms with E-state index in [2.05, 4.69) is 4.99 Å². The quantitative estimate of drug-likeness (QED) is 0.704. The largest absolute Gasteiger partial charge is 0.508 e. The molecular weight excluding hydrogens is 166 g/mol. The first-order chi connectivity index (χ1) is 6.19. The van der Waals surface area contributed by atoms with Gasteiger partial charge >= 0.3 is 0 Å². The minimum Gasteiger partial charge on any atom is -0.508 e. The molecule has 1 N–H and O–H groups in total. The van der Waals surface area contributed by atoms with Crippen LogP contribution in [0.4, 0.5) is 0 Å². The second kappa shape index (κ2) is 3.94. The lowest BCUT2D eigenvalue weighted by atomic mass is 10.1. The van der Waals surface area contributed by atoms with E-state index in [0.717, 1.165) is 11.3 Å². The molecule has 0 bridgehead atoms. The molecule has 1 aromatic carbocycles. The van der Waals surface area contributed by atoms with Gasteiger partial charge in [0.25, 0.3) is 0 Å². The van der Waals surface area contributed by atoms with Crippen molar-refractivity contribution in [1.29, 1.82) is 0 Å². The molecule has 70 valence electrons. The van der Waals surface area contributed by atoms with Crippen molar-refractivity contribution in [3.8, 4) is 11.5 Å². The molecule has 13 heavy (non-hydrogen) atoms. The van der Waals surface area contributed by atoms with Crippen LogP contribution in [0.25, 0.3) is 0 Å². The molecule has 3 heteroatoms. The van der Waals surface area contributed by atoms with Crippen LogP contribution in [0.15, 0.2) is 23.2 Å². The molecule has 0 aliphatic rings. The maximum atomic E-state index is 9.20. The van der Waals surface area contributed by atoms with Crippen molar-refractivity contribution in [2.45, 2.75) is 6.92 Å². The van der Waals surface area contributed by atoms with E-state index in [0.29, 0.717) is 5.75 Å². The Balaban J connectivity index is 3.21. The average Bonchev–Trinajstić information content (AvgIpc) is 2.16. The fourth-order valence-electron chi connectivity index (χ4n) is 1.10. The molecule has 0 aliphatic heterocycles. The lowest BCUT2D eigenvalue weighted by molar-refractivity contribution is 0.407. The third-order valence-corrected chi connectivity index (χ3v) is 1.91. The molecule has 0 spiro atoms. The second-order valence-corrected chi connectivity index (χ2v) is 2.69. The van der Waals surface area contributed by atoms with Crippen LogP contribution >= 0.6 is 0 Å². The number of methoxy groups -OCH3 is 1. The topological polar surface area (TPSA) is 41.8 Å². The molecular formula is C10H13NO2. The van der Waals surface area contributed by atoms with Crippen molar-refractivity contribution in [1.82, 2.24) is 0 Å². The summed E-state index contributed by atoms with van der Waals surface area (Å²) < 4.78 is 5.11. The highest BCUT2D eigenvalue weighted by atomic mass is 16.5. The summed E-state index contributed by atoms with van der Waals surface area (Å²) in [6, 6.07) is 4.98. The highest BCUT2D eigenvalue weighted by molar-refractivity contribution is 6.01. The summed E-state index contributed by atoms with van der Waals surface area (Å²) >= 11 is 0. The molecule has 0 saturated heterocycles. The third kappa shape index (κ3) is 1.99. The first-order valence-electron chi connectivity index (χ1n) is 3.99. The van der Waals surface area contributed by atoms with Crippen LogP contribution in [0.5, 0.6) is 11.5 Å². The van der Waals surface area contributed by atoms with Crippen LogP contribution in [0.1, 0.15) is 12.5 Å². The normalized spacial score (nSPS) is 11.5. The predicted octanol–water partition coefficient (Wildman–Crippen LogP) is 1.84. The summed E-state index contributed by atoms with van der Waals surface area (Å²) in [6.07, 6.45) is 0. The van der Waals surface area contributed by atoms with Crippen LogP contribution in [-0.2, 0) is 0 Å². The van der Waals surface area contributed by atoms with E-state index in [1.54, 1.807) is 32.4 Å². The van der Waals surface area contributed by atoms with Crippen LogP contribution in [0.3, 0.4) is 0 Å². The summed E-state index contributed by atoms with van der Waals surface area (Å²) in [5.41, 5.74) is 1.79. The molecule has 0 saturated carbocycles. The van der Waals surface area contributed by atoms with Gasteiger partial charge in [-0.2, -0.15) is 0 Å². The Hall–Kier alpha value is -1.51. The van der Waals surface area contributed by atoms with Gasteiger partial charge in [-0.05, 0) is 19.1 Å². The standard InChI is InChI=1S/C10H13NO2/c1-7(11-2)9-5-4-8(12)6-10(9)13-3/h4-6,12H,1-3H3. The second-order valence-electron chi connectivity index (χ2n) is 2.69. The van der Waals surface area contributed by atoms with E-state index < -0.39 is 0 Å². The summed E-state index contributed by atoms with van der Waals surface area (Å²) in [7, 11) is 3.29. The van der Waals surface area contributed by atoms with Crippen LogP contribution in [-0.4, -0.2) is 25.0 Å². The summed E-state index contributed by atoms with van der Waals surface area (Å²) in [5, 5.41) is 9.20. The van der Waals surface area contributed by atoms with E-state index in [4.69, 9.17) is 4.74 Å². The zero-order chi connectivity index (χ0) is 9.84. The molecule has 1 rings (SSSR count). The maximum Gasteiger partial charge on any atom is 0.131 e. The van der Waals surface area contributed by atoms with Crippen LogP contribution in [0.2, 0.25) is 0 Å². The van der Waals surface area contributed by atoms with E-state index in [1.807, 2.05) is 6.92 Å². The van der Waals surface area contributed by atoms with Gasteiger partial charge in [0.05, 0.1) is 7.11 Å². The summed E-state index contributed by atoms with van der Waals surface area (Å²) in [6.45, 7) is 1.90. The average molecular weight is 179 g/mol. The van der Waals surface area contributed by atoms with Gasteiger partial charge in [-0.1, -0.05) is 0 Å². The number of phenolic OH excluding ortho intramolecular Hbond substituents is 1. The number of ether oxygens (including phenoxy) is 1. The summed E-state index contributed by atoms with van der Waals surface area (Å²) in [4.78, 5) is 4.05. The number of aromatic hydroxyl groups is 1. The first-order valence-corrected chi connectivity index (χ1v) is 3.99. The molecule has 0 amide bonds. The molecule has 0 aliphatic carbocycles. The Morgan fingerprint density at radius 2 is 2.15 bits per heavy atom. The van der Waals surface area contributed by atoms with E-state index in [1.165, 1.54) is 0 Å². The Labute approximate surface area is 77.7 Å². The zero-order valence-electron chi connectivity index (χ0n) is 8.03. The van der Waals surface area contributed by atoms with Gasteiger partial charge in [0, 0.05) is 24.4 Å². The molecule has 1 aromatic rings. The minimum absolute atomic E-state index is 0.199. The fourth-order valence-corrected chi connectivity index (χ4v) is 1.10. The van der Waals surface area contributed by atoms with Crippen molar-refractivity contribution < 1.29 is 9.84 Å². The molecule has 0 atom stereocenters. The van der Waals surface area contributed by atoms with Gasteiger partial charge in [-0.15, -0.1) is 0 Å². The first kappa shape index (κ1) is 9.58. The maximum absolute atomic E-state index is 9.20. The SMILES string of the molecule is CN=C(C)c1ccc(O)cc1OC. The van der Waals surface area contributed by atoms with Crippen molar-refractivity contribution in [3.05, 3.63) is 23.8 Å². The monoisotopic (exact) mass is 179 g/mol. The van der Waals surface area contributed by atoms with E-state index >= 15 is 0 Å². The molecule has 3 nitrogen and oxygen atoms in total. The van der Waals surface area contributed by atoms with Gasteiger partial charge < -0.3 is 9.84 Å². The van der Waals surface area contributed by atoms with Gasteiger partial charge in [0.2, 0.25) is 0 Å². The van der Waals surface area contributed by atoms with Crippen molar-refractivity contribution in [2.75, 3.05) is 14.2 Å². The van der Waals surface area contributed by atoms with Gasteiger partial charge in [-0.25, -0.2) is 0 Å². The highest BCUT2D eigenvalue weighted by Crippen LogP contribution is 2.24. The van der Waals surface area contributed by atoms with E-state index in [-0.39, 0.29) is 5.75 Å². The Morgan fingerprint density at radius 1 is 1.46 bits per heavy atom. The lowest BCUT2D eigenvalue weighted by Crippen LogP contribution is -1.98. The predicted molar refractivity (Wildman–Crippen MR) is 52.8 cm³/mol. The van der Waals surface area contributed by atoms with Crippen LogP contribution in [0, 0.1) is 0 Å². The fraction of sp³-hybridized carbons (Fsp3) is 0.300. The number of rotatable bonds is 2. The van der Waals surface area contributed by atoms with Gasteiger partial charge in [0.1, 0.15) is 11.5 Å². The molecule has 0 radical (unpaired) electrons. The Bertz CT molecular complexity index is 332. The molecule has 0 heterocycles. The van der Waals surface area contributed by atoms with Crippen molar-refractivity contribution >= 4 is 5.71 Å². The van der Waals surface area contributed by atoms with Crippen LogP contribution < -0.4 is 4.74 Å². The zero-order valence-corrected chi connectivity index (χ0v) is 8.03. The number of aliphatic imine (C=N–C) groups is 1. The smallest absolute Gasteiger partial charge is 0.131 e. The minimum atomic E-state index is 0.199. The molecule has 0 unspecified atom stereocenters. The third-order valence-electron chi connectivity index (χ3n) is 1.91. The number of phenols is 1. The number of hydrogen-bond donors (Lipinski definition) is 1. The van der Waals surface area contributed by atoms with Gasteiger partial charge in [0.15, 0.2) is 0 Å². The van der Waals surface area contributed by atoms with E-state index in [9.17, 15) is 5.11 Å². The number of hydrogen-bond acceptors (Lipinski definition) is 3.